The third-order valence-corrected chi connectivity index (χ3v) is 4.51. The number of amides is 1. The predicted octanol–water partition coefficient (Wildman–Crippen LogP) is 5.13. The van der Waals surface area contributed by atoms with Crippen molar-refractivity contribution in [2.45, 2.75) is 19.9 Å². The van der Waals surface area contributed by atoms with E-state index in [1.807, 2.05) is 73.1 Å². The molecule has 1 atom stereocenters. The van der Waals surface area contributed by atoms with Crippen LogP contribution in [0.3, 0.4) is 0 Å². The number of rotatable bonds is 6. The van der Waals surface area contributed by atoms with Crippen molar-refractivity contribution in [3.05, 3.63) is 82.3 Å². The summed E-state index contributed by atoms with van der Waals surface area (Å²) in [6.07, 6.45) is 5.06. The molecule has 0 radical (unpaired) electrons. The molecule has 0 spiro atoms. The molecule has 1 N–H and O–H groups in total. The summed E-state index contributed by atoms with van der Waals surface area (Å²) in [5, 5.41) is 6.94. The van der Waals surface area contributed by atoms with Crippen LogP contribution in [0.5, 0.6) is 11.5 Å². The van der Waals surface area contributed by atoms with E-state index in [2.05, 4.69) is 10.3 Å². The smallest absolute Gasteiger partial charge is 0.244 e. The van der Waals surface area contributed by atoms with Gasteiger partial charge in [0.1, 0.15) is 11.5 Å². The topological polar surface area (TPSA) is 51.2 Å². The lowest BCUT2D eigenvalue weighted by molar-refractivity contribution is -0.117. The molecule has 132 valence electrons. The third kappa shape index (κ3) is 5.04. The Bertz CT molecular complexity index is 887. The molecule has 3 rings (SSSR count). The van der Waals surface area contributed by atoms with Crippen LogP contribution in [0, 0.1) is 6.92 Å². The highest BCUT2D eigenvalue weighted by atomic mass is 32.1. The van der Waals surface area contributed by atoms with Crippen LogP contribution in [0.2, 0.25) is 0 Å². The molecule has 0 fully saturated rings. The average Bonchev–Trinajstić information content (AvgIpc) is 3.16. The van der Waals surface area contributed by atoms with Crippen LogP contribution in [-0.2, 0) is 4.79 Å². The largest absolute Gasteiger partial charge is 0.456 e. The lowest BCUT2D eigenvalue weighted by Crippen LogP contribution is -2.24. The molecule has 0 aliphatic heterocycles. The van der Waals surface area contributed by atoms with E-state index >= 15 is 0 Å². The lowest BCUT2D eigenvalue weighted by Gasteiger charge is -2.14. The molecule has 5 heteroatoms. The van der Waals surface area contributed by atoms with Gasteiger partial charge in [-0.15, -0.1) is 0 Å². The van der Waals surface area contributed by atoms with E-state index in [1.165, 1.54) is 0 Å². The number of carbonyl (C=O) groups excluding carboxylic acids is 1. The summed E-state index contributed by atoms with van der Waals surface area (Å²) in [6, 6.07) is 13.3. The Morgan fingerprint density at radius 2 is 2.12 bits per heavy atom. The van der Waals surface area contributed by atoms with E-state index in [9.17, 15) is 4.79 Å². The number of pyridine rings is 1. The van der Waals surface area contributed by atoms with Crippen LogP contribution in [0.25, 0.3) is 6.08 Å². The van der Waals surface area contributed by atoms with Gasteiger partial charge in [-0.25, -0.2) is 0 Å². The van der Waals surface area contributed by atoms with E-state index in [-0.39, 0.29) is 11.9 Å². The monoisotopic (exact) mass is 364 g/mol. The van der Waals surface area contributed by atoms with Crippen molar-refractivity contribution in [2.75, 3.05) is 0 Å². The second kappa shape index (κ2) is 8.45. The first-order valence-corrected chi connectivity index (χ1v) is 9.26. The first-order valence-electron chi connectivity index (χ1n) is 8.31. The predicted molar refractivity (Wildman–Crippen MR) is 105 cm³/mol. The van der Waals surface area contributed by atoms with Crippen molar-refractivity contribution in [3.63, 3.8) is 0 Å². The lowest BCUT2D eigenvalue weighted by atomic mass is 10.1. The molecule has 1 unspecified atom stereocenters. The van der Waals surface area contributed by atoms with Crippen LogP contribution in [0.4, 0.5) is 0 Å². The Morgan fingerprint density at radius 3 is 2.85 bits per heavy atom. The van der Waals surface area contributed by atoms with Gasteiger partial charge in [0, 0.05) is 11.8 Å². The van der Waals surface area contributed by atoms with Crippen LogP contribution in [-0.4, -0.2) is 10.9 Å². The highest BCUT2D eigenvalue weighted by Crippen LogP contribution is 2.24. The Balaban J connectivity index is 1.63. The molecular weight excluding hydrogens is 344 g/mol. The number of thiophene rings is 1. The number of aryl methyl sites for hydroxylation is 1. The minimum Gasteiger partial charge on any atom is -0.456 e. The maximum atomic E-state index is 12.1. The number of aromatic nitrogens is 1. The molecule has 0 saturated carbocycles. The fraction of sp³-hybridized carbons (Fsp3) is 0.143. The van der Waals surface area contributed by atoms with Gasteiger partial charge in [-0.05, 0) is 72.1 Å². The van der Waals surface area contributed by atoms with Gasteiger partial charge >= 0.3 is 0 Å². The normalized spacial score (nSPS) is 12.1. The molecule has 26 heavy (non-hydrogen) atoms. The van der Waals surface area contributed by atoms with Gasteiger partial charge in [0.25, 0.3) is 0 Å². The summed E-state index contributed by atoms with van der Waals surface area (Å²) in [5.74, 6) is 1.27. The minimum absolute atomic E-state index is 0.127. The van der Waals surface area contributed by atoms with E-state index in [4.69, 9.17) is 4.74 Å². The summed E-state index contributed by atoms with van der Waals surface area (Å²) in [7, 11) is 0. The molecule has 0 saturated heterocycles. The van der Waals surface area contributed by atoms with Gasteiger partial charge in [-0.2, -0.15) is 11.3 Å². The first kappa shape index (κ1) is 17.9. The van der Waals surface area contributed by atoms with E-state index in [0.717, 1.165) is 16.8 Å². The number of ether oxygens (including phenoxy) is 1. The van der Waals surface area contributed by atoms with Crippen LogP contribution < -0.4 is 10.1 Å². The van der Waals surface area contributed by atoms with Gasteiger partial charge in [0.2, 0.25) is 5.91 Å². The fourth-order valence-corrected chi connectivity index (χ4v) is 3.01. The number of nitrogens with one attached hydrogen (secondary N) is 1. The maximum absolute atomic E-state index is 12.1. The van der Waals surface area contributed by atoms with E-state index in [1.54, 1.807) is 23.6 Å². The van der Waals surface area contributed by atoms with Crippen molar-refractivity contribution >= 4 is 23.3 Å². The summed E-state index contributed by atoms with van der Waals surface area (Å²) in [4.78, 5) is 16.3. The number of nitrogens with zero attached hydrogens (tertiary/aromatic N) is 1. The van der Waals surface area contributed by atoms with Gasteiger partial charge in [0.05, 0.1) is 12.2 Å². The maximum Gasteiger partial charge on any atom is 0.244 e. The molecule has 0 aliphatic rings. The Hall–Kier alpha value is -2.92. The summed E-state index contributed by atoms with van der Waals surface area (Å²) in [6.45, 7) is 3.88. The second-order valence-corrected chi connectivity index (χ2v) is 6.71. The number of hydrogen-bond acceptors (Lipinski definition) is 4. The van der Waals surface area contributed by atoms with E-state index in [0.29, 0.717) is 11.5 Å². The molecule has 1 aromatic carbocycles. The number of hydrogen-bond donors (Lipinski definition) is 1. The highest BCUT2D eigenvalue weighted by molar-refractivity contribution is 7.08. The zero-order valence-electron chi connectivity index (χ0n) is 14.7. The van der Waals surface area contributed by atoms with Crippen molar-refractivity contribution in [2.24, 2.45) is 0 Å². The Kier molecular flexibility index (Phi) is 5.81. The van der Waals surface area contributed by atoms with Crippen LogP contribution >= 0.6 is 11.3 Å². The minimum atomic E-state index is -0.130. The highest BCUT2D eigenvalue weighted by Gasteiger charge is 2.09. The summed E-state index contributed by atoms with van der Waals surface area (Å²) in [5.41, 5.74) is 2.94. The summed E-state index contributed by atoms with van der Waals surface area (Å²) >= 11 is 1.60. The van der Waals surface area contributed by atoms with E-state index < -0.39 is 0 Å². The zero-order valence-corrected chi connectivity index (χ0v) is 15.5. The standard InChI is InChI=1S/C21H20N2O2S/c1-15-6-8-20(13-22-15)25-19-5-3-4-18(12-19)16(2)23-21(24)9-7-17-10-11-26-14-17/h3-14,16H,1-2H3,(H,23,24)/b9-7+. The molecular formula is C21H20N2O2S. The number of benzene rings is 1. The van der Waals surface area contributed by atoms with Crippen molar-refractivity contribution < 1.29 is 9.53 Å². The quantitative estimate of drug-likeness (QED) is 0.617. The van der Waals surface area contributed by atoms with Crippen LogP contribution in [0.1, 0.15) is 29.8 Å². The molecule has 2 aromatic heterocycles. The molecule has 0 bridgehead atoms. The van der Waals surface area contributed by atoms with Crippen molar-refractivity contribution in [1.82, 2.24) is 10.3 Å². The van der Waals surface area contributed by atoms with Crippen molar-refractivity contribution in [1.29, 1.82) is 0 Å². The molecule has 4 nitrogen and oxygen atoms in total. The molecule has 2 heterocycles. The van der Waals surface area contributed by atoms with Gasteiger partial charge in [0.15, 0.2) is 0 Å². The number of carbonyl (C=O) groups is 1. The van der Waals surface area contributed by atoms with Gasteiger partial charge in [-0.1, -0.05) is 12.1 Å². The zero-order chi connectivity index (χ0) is 18.4. The third-order valence-electron chi connectivity index (χ3n) is 3.81. The SMILES string of the molecule is Cc1ccc(Oc2cccc(C(C)NC(=O)/C=C/c3ccsc3)c2)cn1. The molecule has 3 aromatic rings. The van der Waals surface area contributed by atoms with Crippen LogP contribution in [0.15, 0.2) is 65.5 Å². The summed E-state index contributed by atoms with van der Waals surface area (Å²) < 4.78 is 5.84. The first-order chi connectivity index (χ1) is 12.6. The Labute approximate surface area is 157 Å². The second-order valence-electron chi connectivity index (χ2n) is 5.93. The van der Waals surface area contributed by atoms with Gasteiger partial charge in [-0.3, -0.25) is 9.78 Å². The molecule has 0 aliphatic carbocycles. The Morgan fingerprint density at radius 1 is 1.23 bits per heavy atom. The molecule has 1 amide bonds. The average molecular weight is 364 g/mol. The van der Waals surface area contributed by atoms with Crippen molar-refractivity contribution in [3.8, 4) is 11.5 Å². The van der Waals surface area contributed by atoms with Gasteiger partial charge < -0.3 is 10.1 Å². The fourth-order valence-electron chi connectivity index (χ4n) is 2.38.